The highest BCUT2D eigenvalue weighted by Gasteiger charge is 1.75. The Morgan fingerprint density at radius 3 is 2.43 bits per heavy atom. The van der Waals surface area contributed by atoms with Gasteiger partial charge < -0.3 is 5.32 Å². The van der Waals surface area contributed by atoms with Gasteiger partial charge in [0, 0.05) is 12.2 Å². The molecule has 0 unspecified atom stereocenters. The van der Waals surface area contributed by atoms with Crippen molar-refractivity contribution in [1.29, 1.82) is 0 Å². The standard InChI is InChI=1S/C6H13N/c1-4-6(3)7-5-2/h4,7H,5H2,1-3H3/b6-4-. The Bertz CT molecular complexity index is 64.6. The summed E-state index contributed by atoms with van der Waals surface area (Å²) >= 11 is 0. The van der Waals surface area contributed by atoms with Gasteiger partial charge in [-0.25, -0.2) is 0 Å². The topological polar surface area (TPSA) is 12.0 Å². The fourth-order valence-corrected chi connectivity index (χ4v) is 0.381. The Balaban J connectivity index is 3.17. The van der Waals surface area contributed by atoms with Crippen molar-refractivity contribution in [2.24, 2.45) is 0 Å². The normalized spacial score (nSPS) is 11.6. The molecule has 0 heterocycles. The van der Waals surface area contributed by atoms with Gasteiger partial charge in [-0.15, -0.1) is 0 Å². The number of rotatable bonds is 2. The van der Waals surface area contributed by atoms with Crippen molar-refractivity contribution in [3.8, 4) is 0 Å². The summed E-state index contributed by atoms with van der Waals surface area (Å²) < 4.78 is 0. The summed E-state index contributed by atoms with van der Waals surface area (Å²) in [4.78, 5) is 0. The van der Waals surface area contributed by atoms with Gasteiger partial charge in [0.1, 0.15) is 0 Å². The largest absolute Gasteiger partial charge is 0.389 e. The van der Waals surface area contributed by atoms with Gasteiger partial charge in [-0.05, 0) is 20.8 Å². The summed E-state index contributed by atoms with van der Waals surface area (Å²) in [5.74, 6) is 0. The minimum absolute atomic E-state index is 1.02. The van der Waals surface area contributed by atoms with Crippen molar-refractivity contribution < 1.29 is 0 Å². The van der Waals surface area contributed by atoms with Gasteiger partial charge in [-0.2, -0.15) is 0 Å². The van der Waals surface area contributed by atoms with Gasteiger partial charge in [-0.1, -0.05) is 6.08 Å². The van der Waals surface area contributed by atoms with Crippen LogP contribution >= 0.6 is 0 Å². The zero-order chi connectivity index (χ0) is 5.70. The van der Waals surface area contributed by atoms with Crippen LogP contribution in [0.4, 0.5) is 0 Å². The molecule has 0 aliphatic carbocycles. The van der Waals surface area contributed by atoms with Crippen LogP contribution in [0.2, 0.25) is 0 Å². The van der Waals surface area contributed by atoms with Crippen LogP contribution in [0.3, 0.4) is 0 Å². The molecule has 0 aromatic rings. The van der Waals surface area contributed by atoms with Crippen molar-refractivity contribution in [3.05, 3.63) is 11.8 Å². The van der Waals surface area contributed by atoms with Crippen molar-refractivity contribution in [3.63, 3.8) is 0 Å². The number of hydrogen-bond acceptors (Lipinski definition) is 1. The Morgan fingerprint density at radius 1 is 1.71 bits per heavy atom. The van der Waals surface area contributed by atoms with Crippen LogP contribution in [0.5, 0.6) is 0 Å². The number of nitrogens with one attached hydrogen (secondary N) is 1. The van der Waals surface area contributed by atoms with Crippen LogP contribution in [-0.2, 0) is 0 Å². The second-order valence-corrected chi connectivity index (χ2v) is 1.50. The molecule has 7 heavy (non-hydrogen) atoms. The van der Waals surface area contributed by atoms with E-state index in [2.05, 4.69) is 25.2 Å². The molecule has 0 spiro atoms. The average molecular weight is 99.2 g/mol. The van der Waals surface area contributed by atoms with Crippen LogP contribution in [0.25, 0.3) is 0 Å². The van der Waals surface area contributed by atoms with Crippen LogP contribution in [0.1, 0.15) is 20.8 Å². The molecule has 0 saturated heterocycles. The fraction of sp³-hybridized carbons (Fsp3) is 0.667. The molecular formula is C6H13N. The molecule has 0 atom stereocenters. The van der Waals surface area contributed by atoms with Crippen LogP contribution < -0.4 is 5.32 Å². The first-order valence-electron chi connectivity index (χ1n) is 2.68. The average Bonchev–Trinajstić information content (AvgIpc) is 1.68. The minimum Gasteiger partial charge on any atom is -0.389 e. The lowest BCUT2D eigenvalue weighted by Crippen LogP contribution is -2.08. The molecule has 0 fully saturated rings. The van der Waals surface area contributed by atoms with E-state index in [1.54, 1.807) is 0 Å². The van der Waals surface area contributed by atoms with Gasteiger partial charge in [0.25, 0.3) is 0 Å². The third kappa shape index (κ3) is 3.37. The highest BCUT2D eigenvalue weighted by Crippen LogP contribution is 1.80. The molecule has 0 aromatic heterocycles. The summed E-state index contributed by atoms with van der Waals surface area (Å²) in [6.07, 6.45) is 2.06. The molecule has 0 bridgehead atoms. The maximum atomic E-state index is 3.16. The molecule has 0 aliphatic heterocycles. The van der Waals surface area contributed by atoms with Crippen LogP contribution in [-0.4, -0.2) is 6.54 Å². The van der Waals surface area contributed by atoms with E-state index in [4.69, 9.17) is 0 Å². The van der Waals surface area contributed by atoms with Gasteiger partial charge in [0.2, 0.25) is 0 Å². The predicted molar refractivity (Wildman–Crippen MR) is 33.1 cm³/mol. The van der Waals surface area contributed by atoms with Crippen molar-refractivity contribution in [2.45, 2.75) is 20.8 Å². The molecule has 0 rings (SSSR count). The van der Waals surface area contributed by atoms with Gasteiger partial charge >= 0.3 is 0 Å². The Hall–Kier alpha value is -0.460. The van der Waals surface area contributed by atoms with Gasteiger partial charge in [0.15, 0.2) is 0 Å². The predicted octanol–water partition coefficient (Wildman–Crippen LogP) is 1.52. The Kier molecular flexibility index (Phi) is 3.48. The summed E-state index contributed by atoms with van der Waals surface area (Å²) in [6, 6.07) is 0. The molecule has 1 N–H and O–H groups in total. The summed E-state index contributed by atoms with van der Waals surface area (Å²) in [6.45, 7) is 7.20. The van der Waals surface area contributed by atoms with Gasteiger partial charge in [0.05, 0.1) is 0 Å². The third-order valence-electron chi connectivity index (χ3n) is 0.889. The van der Waals surface area contributed by atoms with E-state index in [-0.39, 0.29) is 0 Å². The maximum absolute atomic E-state index is 3.16. The quantitative estimate of drug-likeness (QED) is 0.553. The monoisotopic (exact) mass is 99.1 g/mol. The first kappa shape index (κ1) is 6.54. The molecular weight excluding hydrogens is 86.1 g/mol. The lowest BCUT2D eigenvalue weighted by atomic mass is 10.4. The first-order chi connectivity index (χ1) is 3.31. The van der Waals surface area contributed by atoms with Crippen molar-refractivity contribution in [1.82, 2.24) is 5.32 Å². The van der Waals surface area contributed by atoms with Crippen molar-refractivity contribution in [2.75, 3.05) is 6.54 Å². The summed E-state index contributed by atoms with van der Waals surface area (Å²) in [5.41, 5.74) is 1.25. The molecule has 1 heteroatoms. The highest BCUT2D eigenvalue weighted by molar-refractivity contribution is 4.91. The third-order valence-corrected chi connectivity index (χ3v) is 0.889. The summed E-state index contributed by atoms with van der Waals surface area (Å²) in [5, 5.41) is 3.16. The molecule has 1 nitrogen and oxygen atoms in total. The first-order valence-corrected chi connectivity index (χ1v) is 2.68. The van der Waals surface area contributed by atoms with Gasteiger partial charge in [-0.3, -0.25) is 0 Å². The van der Waals surface area contributed by atoms with E-state index in [0.717, 1.165) is 6.54 Å². The summed E-state index contributed by atoms with van der Waals surface area (Å²) in [7, 11) is 0. The van der Waals surface area contributed by atoms with E-state index in [0.29, 0.717) is 0 Å². The highest BCUT2D eigenvalue weighted by atomic mass is 14.8. The molecule has 0 aromatic carbocycles. The minimum atomic E-state index is 1.02. The smallest absolute Gasteiger partial charge is 0.0115 e. The lowest BCUT2D eigenvalue weighted by Gasteiger charge is -1.97. The molecule has 0 saturated carbocycles. The second kappa shape index (κ2) is 3.72. The maximum Gasteiger partial charge on any atom is 0.0115 e. The van der Waals surface area contributed by atoms with Crippen LogP contribution in [0, 0.1) is 0 Å². The van der Waals surface area contributed by atoms with E-state index in [1.807, 2.05) is 6.92 Å². The lowest BCUT2D eigenvalue weighted by molar-refractivity contribution is 0.852. The molecule has 42 valence electrons. The second-order valence-electron chi connectivity index (χ2n) is 1.50. The van der Waals surface area contributed by atoms with E-state index in [1.165, 1.54) is 5.70 Å². The SMILES string of the molecule is C/C=C(/C)NCC. The van der Waals surface area contributed by atoms with Crippen molar-refractivity contribution >= 4 is 0 Å². The van der Waals surface area contributed by atoms with E-state index >= 15 is 0 Å². The van der Waals surface area contributed by atoms with Crippen LogP contribution in [0.15, 0.2) is 11.8 Å². The van der Waals surface area contributed by atoms with E-state index < -0.39 is 0 Å². The molecule has 0 amide bonds. The Labute approximate surface area is 45.4 Å². The zero-order valence-electron chi connectivity index (χ0n) is 5.28. The Morgan fingerprint density at radius 2 is 2.29 bits per heavy atom. The number of allylic oxidation sites excluding steroid dienone is 2. The number of hydrogen-bond donors (Lipinski definition) is 1. The molecule has 0 radical (unpaired) electrons. The fourth-order valence-electron chi connectivity index (χ4n) is 0.381. The zero-order valence-corrected chi connectivity index (χ0v) is 5.28. The molecule has 0 aliphatic rings. The van der Waals surface area contributed by atoms with E-state index in [9.17, 15) is 0 Å².